The number of nitrogens with zero attached hydrogens (tertiary/aromatic N) is 1. The lowest BCUT2D eigenvalue weighted by Crippen LogP contribution is -2.80. The summed E-state index contributed by atoms with van der Waals surface area (Å²) in [6.07, 6.45) is 10.5. The summed E-state index contributed by atoms with van der Waals surface area (Å²) in [5.41, 5.74) is 1.83. The van der Waals surface area contributed by atoms with Crippen LogP contribution in [-0.4, -0.2) is 67.8 Å². The molecular weight excluding hydrogens is 502 g/mol. The van der Waals surface area contributed by atoms with Gasteiger partial charge in [0.2, 0.25) is 0 Å². The minimum Gasteiger partial charge on any atom is -0.493 e. The first-order valence-electron chi connectivity index (χ1n) is 14.6. The van der Waals surface area contributed by atoms with E-state index in [0.717, 1.165) is 49.5 Å². The van der Waals surface area contributed by atoms with Gasteiger partial charge in [0, 0.05) is 30.0 Å². The van der Waals surface area contributed by atoms with Gasteiger partial charge in [0.25, 0.3) is 0 Å². The molecule has 1 saturated carbocycles. The predicted molar refractivity (Wildman–Crippen MR) is 154 cm³/mol. The summed E-state index contributed by atoms with van der Waals surface area (Å²) < 4.78 is 25.1. The van der Waals surface area contributed by atoms with Crippen molar-refractivity contribution in [3.05, 3.63) is 77.9 Å². The first-order chi connectivity index (χ1) is 19.3. The van der Waals surface area contributed by atoms with Crippen molar-refractivity contribution in [2.45, 2.75) is 67.8 Å². The molecule has 6 nitrogen and oxygen atoms in total. The lowest BCUT2D eigenvalue weighted by molar-refractivity contribution is -0.247. The minimum atomic E-state index is -0.969. The number of ether oxygens (including phenoxy) is 4. The summed E-state index contributed by atoms with van der Waals surface area (Å²) in [4.78, 5) is 2.55. The topological polar surface area (TPSA) is 60.4 Å². The molecule has 6 aliphatic rings. The van der Waals surface area contributed by atoms with Gasteiger partial charge in [-0.2, -0.15) is 0 Å². The zero-order valence-electron chi connectivity index (χ0n) is 24.1. The molecule has 2 aliphatic heterocycles. The average molecular weight is 544 g/mol. The van der Waals surface area contributed by atoms with Gasteiger partial charge < -0.3 is 29.0 Å². The van der Waals surface area contributed by atoms with Gasteiger partial charge in [-0.05, 0) is 81.9 Å². The fraction of sp³-hybridized carbons (Fsp3) is 0.529. The lowest BCUT2D eigenvalue weighted by Gasteiger charge is -2.72. The van der Waals surface area contributed by atoms with Gasteiger partial charge in [0.1, 0.15) is 24.1 Å². The second kappa shape index (κ2) is 8.85. The molecule has 1 N–H and O–H groups in total. The third-order valence-corrected chi connectivity index (χ3v) is 11.2. The number of rotatable bonds is 9. The quantitative estimate of drug-likeness (QED) is 0.456. The van der Waals surface area contributed by atoms with Gasteiger partial charge in [-0.15, -0.1) is 0 Å². The Hall–Kier alpha value is -2.80. The maximum absolute atomic E-state index is 12.3. The Balaban J connectivity index is 1.27. The first kappa shape index (κ1) is 26.1. The molecule has 212 valence electrons. The molecule has 2 fully saturated rings. The van der Waals surface area contributed by atoms with Crippen LogP contribution in [0.5, 0.6) is 17.2 Å². The monoisotopic (exact) mass is 543 g/mol. The molecule has 2 heterocycles. The molecule has 40 heavy (non-hydrogen) atoms. The maximum atomic E-state index is 12.3. The van der Waals surface area contributed by atoms with E-state index in [4.69, 9.17) is 18.9 Å². The minimum absolute atomic E-state index is 0.126. The summed E-state index contributed by atoms with van der Waals surface area (Å²) in [6.45, 7) is 7.23. The van der Waals surface area contributed by atoms with Crippen LogP contribution in [0, 0.1) is 11.3 Å². The van der Waals surface area contributed by atoms with E-state index in [1.807, 2.05) is 19.1 Å². The molecule has 0 radical (unpaired) electrons. The van der Waals surface area contributed by atoms with Crippen molar-refractivity contribution in [3.8, 4) is 17.2 Å². The van der Waals surface area contributed by atoms with E-state index in [1.54, 1.807) is 20.3 Å². The molecule has 1 saturated heterocycles. The Labute approximate surface area is 237 Å². The lowest BCUT2D eigenvalue weighted by atomic mass is 9.36. The number of hydrogen-bond donors (Lipinski definition) is 1. The zero-order chi connectivity index (χ0) is 27.9. The first-order valence-corrected chi connectivity index (χ1v) is 14.6. The molecule has 2 aromatic carbocycles. The number of likely N-dealkylation sites (N-methyl/N-ethyl adjacent to an activating group) is 1. The Morgan fingerprint density at radius 2 is 1.98 bits per heavy atom. The highest BCUT2D eigenvalue weighted by molar-refractivity contribution is 5.65. The van der Waals surface area contributed by atoms with Crippen molar-refractivity contribution >= 4 is 0 Å². The fourth-order valence-electron chi connectivity index (χ4n) is 9.39. The normalized spacial score (nSPS) is 36.0. The Morgan fingerprint density at radius 1 is 1.18 bits per heavy atom. The second-order valence-corrected chi connectivity index (χ2v) is 12.8. The van der Waals surface area contributed by atoms with Crippen molar-refractivity contribution in [1.82, 2.24) is 4.90 Å². The molecule has 4 bridgehead atoms. The van der Waals surface area contributed by atoms with Crippen LogP contribution in [-0.2, 0) is 23.0 Å². The summed E-state index contributed by atoms with van der Waals surface area (Å²) in [7, 11) is 5.79. The highest BCUT2D eigenvalue weighted by atomic mass is 16.6. The largest absolute Gasteiger partial charge is 0.493 e. The van der Waals surface area contributed by atoms with Gasteiger partial charge in [0.15, 0.2) is 11.5 Å². The van der Waals surface area contributed by atoms with Gasteiger partial charge in [0.05, 0.1) is 18.1 Å². The van der Waals surface area contributed by atoms with Crippen LogP contribution in [0.15, 0.2) is 61.2 Å². The second-order valence-electron chi connectivity index (χ2n) is 12.8. The molecule has 0 aromatic heterocycles. The van der Waals surface area contributed by atoms with E-state index in [2.05, 4.69) is 54.9 Å². The number of aliphatic hydroxyl groups is 1. The Kier molecular flexibility index (Phi) is 5.78. The average Bonchev–Trinajstić information content (AvgIpc) is 3.34. The third-order valence-electron chi connectivity index (χ3n) is 11.2. The number of piperidine rings is 1. The number of methoxy groups -OCH3 is 2. The molecule has 2 unspecified atom stereocenters. The summed E-state index contributed by atoms with van der Waals surface area (Å²) in [5.74, 6) is 2.39. The summed E-state index contributed by atoms with van der Waals surface area (Å²) >= 11 is 0. The molecule has 6 heteroatoms. The van der Waals surface area contributed by atoms with E-state index < -0.39 is 11.2 Å². The van der Waals surface area contributed by atoms with Crippen LogP contribution in [0.1, 0.15) is 42.9 Å². The molecule has 4 aliphatic carbocycles. The van der Waals surface area contributed by atoms with E-state index in [1.165, 1.54) is 16.7 Å². The van der Waals surface area contributed by atoms with Gasteiger partial charge in [-0.25, -0.2) is 0 Å². The van der Waals surface area contributed by atoms with Crippen molar-refractivity contribution in [2.24, 2.45) is 11.3 Å². The molecule has 0 amide bonds. The van der Waals surface area contributed by atoms with Crippen molar-refractivity contribution in [1.29, 1.82) is 0 Å². The standard InChI is InChI=1S/C34H41NO5/c1-6-19-39-24-10-7-22(8-11-24)13-14-31(2,36)26-21-32-15-16-34(26,38-5)30-33(32)17-18-35(3)27(32)20-23-9-12-25(37-4)29(40-30)28(23)33/h6-12,15-16,26-27,30,36H,1,13-14,17-21H2,2-5H3/t26-,27?,30-,31+,32-,33?,34-/m1/s1. The van der Waals surface area contributed by atoms with E-state index in [9.17, 15) is 5.11 Å². The summed E-state index contributed by atoms with van der Waals surface area (Å²) in [5, 5.41) is 12.3. The van der Waals surface area contributed by atoms with Gasteiger partial charge in [-0.3, -0.25) is 0 Å². The molecule has 7 atom stereocenters. The van der Waals surface area contributed by atoms with Crippen LogP contribution in [0.3, 0.4) is 0 Å². The predicted octanol–water partition coefficient (Wildman–Crippen LogP) is 4.86. The zero-order valence-corrected chi connectivity index (χ0v) is 24.1. The molecule has 8 rings (SSSR count). The third kappa shape index (κ3) is 3.16. The van der Waals surface area contributed by atoms with Crippen molar-refractivity contribution < 1.29 is 24.1 Å². The number of benzene rings is 2. The molecule has 2 spiro atoms. The molecular formula is C34H41NO5. The van der Waals surface area contributed by atoms with Crippen LogP contribution in [0.2, 0.25) is 0 Å². The van der Waals surface area contributed by atoms with Crippen LogP contribution in [0.4, 0.5) is 0 Å². The molecule has 2 aromatic rings. The van der Waals surface area contributed by atoms with Crippen molar-refractivity contribution in [2.75, 3.05) is 34.4 Å². The fourth-order valence-corrected chi connectivity index (χ4v) is 9.39. The van der Waals surface area contributed by atoms with E-state index in [0.29, 0.717) is 19.1 Å². The Morgan fingerprint density at radius 3 is 2.70 bits per heavy atom. The van der Waals surface area contributed by atoms with Crippen molar-refractivity contribution in [3.63, 3.8) is 0 Å². The summed E-state index contributed by atoms with van der Waals surface area (Å²) in [6, 6.07) is 12.8. The van der Waals surface area contributed by atoms with Crippen LogP contribution in [0.25, 0.3) is 0 Å². The highest BCUT2D eigenvalue weighted by Crippen LogP contribution is 2.75. The number of fused-ring (bicyclic) bond motifs is 1. The number of hydrogen-bond acceptors (Lipinski definition) is 6. The van der Waals surface area contributed by atoms with Crippen LogP contribution >= 0.6 is 0 Å². The van der Waals surface area contributed by atoms with Gasteiger partial charge in [-0.1, -0.05) is 43.0 Å². The smallest absolute Gasteiger partial charge is 0.166 e. The Bertz CT molecular complexity index is 1370. The van der Waals surface area contributed by atoms with E-state index in [-0.39, 0.29) is 22.9 Å². The van der Waals surface area contributed by atoms with E-state index >= 15 is 0 Å². The maximum Gasteiger partial charge on any atom is 0.166 e. The SMILES string of the molecule is C=CCOc1ccc(CC[C@](C)(O)[C@H]2C[C@@]34C=C[C@]2(OC)[C@@H]2Oc5c(OC)ccc6c5C23CCN(C)C4C6)cc1. The van der Waals surface area contributed by atoms with Gasteiger partial charge >= 0.3 is 0 Å². The van der Waals surface area contributed by atoms with Crippen LogP contribution < -0.4 is 14.2 Å². The number of likely N-dealkylation sites (tertiary alicyclic amines) is 1. The highest BCUT2D eigenvalue weighted by Gasteiger charge is 2.80. The number of aryl methyl sites for hydroxylation is 1.